The molecule has 9 nitrogen and oxygen atoms in total. The number of benzene rings is 1. The third kappa shape index (κ3) is 4.25. The Morgan fingerprint density at radius 2 is 1.84 bits per heavy atom. The Balaban J connectivity index is 0.000000775. The highest BCUT2D eigenvalue weighted by molar-refractivity contribution is 5.75. The number of carboxylic acid groups (broad SMARTS) is 1. The van der Waals surface area contributed by atoms with Crippen LogP contribution in [0.25, 0.3) is 11.0 Å². The molecule has 0 bridgehead atoms. The highest BCUT2D eigenvalue weighted by Crippen LogP contribution is 2.43. The maximum absolute atomic E-state index is 11.0. The smallest absolute Gasteiger partial charge is 0.290 e. The van der Waals surface area contributed by atoms with E-state index in [1.165, 1.54) is 0 Å². The van der Waals surface area contributed by atoms with Crippen LogP contribution >= 0.6 is 0 Å². The van der Waals surface area contributed by atoms with Crippen LogP contribution in [0.1, 0.15) is 44.3 Å². The lowest BCUT2D eigenvalue weighted by molar-refractivity contribution is -0.122. The van der Waals surface area contributed by atoms with E-state index >= 15 is 0 Å². The largest absolute Gasteiger partial charge is 0.483 e. The Hall–Kier alpha value is -3.20. The molecule has 4 atom stereocenters. The van der Waals surface area contributed by atoms with Gasteiger partial charge in [-0.25, -0.2) is 9.97 Å². The molecule has 2 aliphatic rings. The van der Waals surface area contributed by atoms with Crippen LogP contribution in [-0.2, 0) is 4.79 Å². The minimum Gasteiger partial charge on any atom is -0.483 e. The molecule has 0 amide bonds. The van der Waals surface area contributed by atoms with Crippen LogP contribution in [-0.4, -0.2) is 55.4 Å². The average Bonchev–Trinajstić information content (AvgIpc) is 3.37. The van der Waals surface area contributed by atoms with Crippen molar-refractivity contribution in [3.05, 3.63) is 42.4 Å². The van der Waals surface area contributed by atoms with Gasteiger partial charge in [0.15, 0.2) is 0 Å². The van der Waals surface area contributed by atoms with E-state index in [0.29, 0.717) is 23.7 Å². The number of nitrogens with zero attached hydrogens (tertiary/aromatic N) is 5. The fourth-order valence-corrected chi connectivity index (χ4v) is 5.07. The van der Waals surface area contributed by atoms with Gasteiger partial charge in [0.1, 0.15) is 5.82 Å². The fraction of sp³-hybridized carbons (Fsp3) is 0.478. The lowest BCUT2D eigenvalue weighted by Gasteiger charge is -2.36. The Morgan fingerprint density at radius 3 is 2.56 bits per heavy atom. The molecular weight excluding hydrogens is 408 g/mol. The number of hydrogen-bond donors (Lipinski definition) is 3. The summed E-state index contributed by atoms with van der Waals surface area (Å²) in [7, 11) is 0. The first-order valence-corrected chi connectivity index (χ1v) is 11.0. The minimum absolute atomic E-state index is 0.0605. The highest BCUT2D eigenvalue weighted by atomic mass is 16.3. The van der Waals surface area contributed by atoms with Crippen molar-refractivity contribution in [2.45, 2.75) is 44.8 Å². The van der Waals surface area contributed by atoms with Gasteiger partial charge in [-0.1, -0.05) is 26.0 Å². The topological polar surface area (TPSA) is 130 Å². The second kappa shape index (κ2) is 9.12. The van der Waals surface area contributed by atoms with Gasteiger partial charge in [-0.15, -0.1) is 0 Å². The Bertz CT molecular complexity index is 1080. The summed E-state index contributed by atoms with van der Waals surface area (Å²) >= 11 is 0. The van der Waals surface area contributed by atoms with Crippen LogP contribution in [0.15, 0.2) is 36.7 Å². The fourth-order valence-electron chi connectivity index (χ4n) is 5.07. The van der Waals surface area contributed by atoms with E-state index in [0.717, 1.165) is 48.5 Å². The molecule has 0 spiro atoms. The molecule has 2 aromatic heterocycles. The monoisotopic (exact) mass is 438 g/mol. The van der Waals surface area contributed by atoms with Crippen LogP contribution in [0.3, 0.4) is 0 Å². The second-order valence-corrected chi connectivity index (χ2v) is 8.94. The van der Waals surface area contributed by atoms with Crippen LogP contribution < -0.4 is 10.6 Å². The third-order valence-corrected chi connectivity index (χ3v) is 6.61. The SMILES string of the molecule is CC(C)c1cc(N2C[C@H]3C[C@@H](n4cnc5ccccc54)[C@H](O)C[C@H]3C2)nc(N)n1.O=CO. The molecule has 5 rings (SSSR count). The van der Waals surface area contributed by atoms with Gasteiger partial charge in [-0.05, 0) is 42.7 Å². The van der Waals surface area contributed by atoms with Crippen molar-refractivity contribution < 1.29 is 15.0 Å². The van der Waals surface area contributed by atoms with Crippen molar-refractivity contribution in [3.8, 4) is 0 Å². The van der Waals surface area contributed by atoms with Crippen molar-refractivity contribution in [1.29, 1.82) is 0 Å². The summed E-state index contributed by atoms with van der Waals surface area (Å²) in [4.78, 5) is 24.1. The number of aliphatic hydroxyl groups is 1. The zero-order chi connectivity index (χ0) is 22.8. The van der Waals surface area contributed by atoms with Gasteiger partial charge < -0.3 is 25.4 Å². The molecule has 0 radical (unpaired) electrons. The number of aliphatic hydroxyl groups excluding tert-OH is 1. The van der Waals surface area contributed by atoms with Gasteiger partial charge in [0.25, 0.3) is 6.47 Å². The minimum atomic E-state index is -0.365. The molecule has 1 aliphatic carbocycles. The summed E-state index contributed by atoms with van der Waals surface area (Å²) in [6.07, 6.45) is 3.26. The summed E-state index contributed by atoms with van der Waals surface area (Å²) in [5.41, 5.74) is 9.02. The molecule has 0 unspecified atom stereocenters. The van der Waals surface area contributed by atoms with Gasteiger partial charge in [0, 0.05) is 19.2 Å². The van der Waals surface area contributed by atoms with Gasteiger partial charge in [0.05, 0.1) is 35.2 Å². The predicted molar refractivity (Wildman–Crippen MR) is 122 cm³/mol. The van der Waals surface area contributed by atoms with E-state index in [1.807, 2.05) is 24.5 Å². The zero-order valence-corrected chi connectivity index (χ0v) is 18.4. The highest BCUT2D eigenvalue weighted by Gasteiger charge is 2.43. The third-order valence-electron chi connectivity index (χ3n) is 6.61. The lowest BCUT2D eigenvalue weighted by atomic mass is 9.77. The lowest BCUT2D eigenvalue weighted by Crippen LogP contribution is -2.36. The van der Waals surface area contributed by atoms with E-state index in [-0.39, 0.29) is 18.6 Å². The summed E-state index contributed by atoms with van der Waals surface area (Å²) in [5, 5.41) is 17.8. The van der Waals surface area contributed by atoms with Crippen molar-refractivity contribution in [2.24, 2.45) is 11.8 Å². The van der Waals surface area contributed by atoms with Crippen LogP contribution in [0.2, 0.25) is 0 Å². The van der Waals surface area contributed by atoms with Gasteiger partial charge in [-0.2, -0.15) is 4.98 Å². The van der Waals surface area contributed by atoms with E-state index in [1.54, 1.807) is 0 Å². The maximum atomic E-state index is 11.0. The Kier molecular flexibility index (Phi) is 6.27. The van der Waals surface area contributed by atoms with Crippen molar-refractivity contribution in [2.75, 3.05) is 23.7 Å². The quantitative estimate of drug-likeness (QED) is 0.532. The first kappa shape index (κ1) is 22.0. The number of carbonyl (C=O) groups is 1. The van der Waals surface area contributed by atoms with E-state index < -0.39 is 0 Å². The summed E-state index contributed by atoms with van der Waals surface area (Å²) in [6.45, 7) is 5.83. The van der Waals surface area contributed by atoms with Crippen molar-refractivity contribution >= 4 is 29.3 Å². The molecule has 3 heterocycles. The van der Waals surface area contributed by atoms with Gasteiger partial charge >= 0.3 is 0 Å². The number of aromatic nitrogens is 4. The molecule has 1 aliphatic heterocycles. The van der Waals surface area contributed by atoms with Crippen LogP contribution in [0, 0.1) is 11.8 Å². The number of fused-ring (bicyclic) bond motifs is 2. The molecule has 4 N–H and O–H groups in total. The summed E-state index contributed by atoms with van der Waals surface area (Å²) in [5.74, 6) is 2.54. The number of nitrogen functional groups attached to an aromatic ring is 1. The maximum Gasteiger partial charge on any atom is 0.290 e. The van der Waals surface area contributed by atoms with Gasteiger partial charge in [-0.3, -0.25) is 4.79 Å². The molecule has 170 valence electrons. The van der Waals surface area contributed by atoms with Crippen LogP contribution in [0.4, 0.5) is 11.8 Å². The zero-order valence-electron chi connectivity index (χ0n) is 18.4. The molecular formula is C23H30N6O3. The normalized spacial score (nSPS) is 24.8. The van der Waals surface area contributed by atoms with Crippen LogP contribution in [0.5, 0.6) is 0 Å². The summed E-state index contributed by atoms with van der Waals surface area (Å²) < 4.78 is 2.17. The number of imidazole rings is 1. The average molecular weight is 439 g/mol. The molecule has 1 saturated heterocycles. The molecule has 1 saturated carbocycles. The van der Waals surface area contributed by atoms with E-state index in [2.05, 4.69) is 50.4 Å². The van der Waals surface area contributed by atoms with E-state index in [9.17, 15) is 5.11 Å². The number of rotatable bonds is 3. The number of hydrogen-bond acceptors (Lipinski definition) is 7. The standard InChI is InChI=1S/C22H28N6O.CH2O2/c1-13(2)17-9-21(26-22(23)25-17)27-10-14-7-19(20(29)8-15(14)11-27)28-12-24-16-5-3-4-6-18(16)28;2-1-3/h3-6,9,12-15,19-20,29H,7-8,10-11H2,1-2H3,(H2,23,25,26);1H,(H,2,3)/t14-,15+,19-,20-;/m1./s1. The van der Waals surface area contributed by atoms with Crippen molar-refractivity contribution in [1.82, 2.24) is 19.5 Å². The molecule has 3 aromatic rings. The number of para-hydroxylation sites is 2. The molecule has 9 heteroatoms. The molecule has 1 aromatic carbocycles. The number of nitrogens with two attached hydrogens (primary N) is 1. The number of anilines is 2. The molecule has 2 fully saturated rings. The predicted octanol–water partition coefficient (Wildman–Crippen LogP) is 2.68. The first-order valence-electron chi connectivity index (χ1n) is 11.0. The van der Waals surface area contributed by atoms with Gasteiger partial charge in [0.2, 0.25) is 5.95 Å². The Labute approximate surface area is 186 Å². The van der Waals surface area contributed by atoms with E-state index in [4.69, 9.17) is 15.6 Å². The van der Waals surface area contributed by atoms with Crippen molar-refractivity contribution in [3.63, 3.8) is 0 Å². The molecule has 32 heavy (non-hydrogen) atoms. The first-order chi connectivity index (χ1) is 15.4. The Morgan fingerprint density at radius 1 is 1.16 bits per heavy atom. The summed E-state index contributed by atoms with van der Waals surface area (Å²) in [6, 6.07) is 10.3. The second-order valence-electron chi connectivity index (χ2n) is 8.94.